The van der Waals surface area contributed by atoms with Crippen LogP contribution in [0.4, 0.5) is 0 Å². The number of nitrogens with two attached hydrogens (primary N) is 1. The van der Waals surface area contributed by atoms with Crippen LogP contribution in [0.5, 0.6) is 5.75 Å². The summed E-state index contributed by atoms with van der Waals surface area (Å²) in [5.74, 6) is 0.568. The molecule has 1 atom stereocenters. The van der Waals surface area contributed by atoms with E-state index in [1.165, 1.54) is 0 Å². The summed E-state index contributed by atoms with van der Waals surface area (Å²) >= 11 is 0. The van der Waals surface area contributed by atoms with Crippen molar-refractivity contribution in [3.8, 4) is 5.75 Å². The number of nitrogens with zero attached hydrogens (tertiary/aromatic N) is 1. The number of rotatable bonds is 5. The molecule has 0 spiro atoms. The van der Waals surface area contributed by atoms with E-state index in [2.05, 4.69) is 0 Å². The number of aryl methyl sites for hydroxylation is 1. The molecule has 0 radical (unpaired) electrons. The number of amides is 1. The van der Waals surface area contributed by atoms with Gasteiger partial charge in [-0.3, -0.25) is 9.69 Å². The molecule has 19 heavy (non-hydrogen) atoms. The van der Waals surface area contributed by atoms with Gasteiger partial charge in [-0.2, -0.15) is 0 Å². The van der Waals surface area contributed by atoms with E-state index >= 15 is 0 Å². The summed E-state index contributed by atoms with van der Waals surface area (Å²) in [6, 6.07) is 7.88. The Hall–Kier alpha value is -1.59. The normalized spacial score (nSPS) is 20.2. The molecular formula is C14H20N2O3. The van der Waals surface area contributed by atoms with Crippen molar-refractivity contribution in [3.05, 3.63) is 29.8 Å². The maximum atomic E-state index is 10.9. The van der Waals surface area contributed by atoms with Crippen molar-refractivity contribution >= 4 is 5.91 Å². The van der Waals surface area contributed by atoms with Crippen LogP contribution in [0.2, 0.25) is 0 Å². The first-order valence-corrected chi connectivity index (χ1v) is 6.46. The summed E-state index contributed by atoms with van der Waals surface area (Å²) in [5.41, 5.74) is 6.30. The fourth-order valence-corrected chi connectivity index (χ4v) is 2.15. The molecular weight excluding hydrogens is 244 g/mol. The minimum atomic E-state index is -0.305. The molecule has 1 heterocycles. The first-order chi connectivity index (χ1) is 9.15. The van der Waals surface area contributed by atoms with Crippen LogP contribution in [0.15, 0.2) is 24.3 Å². The third-order valence-corrected chi connectivity index (χ3v) is 3.12. The quantitative estimate of drug-likeness (QED) is 0.844. The van der Waals surface area contributed by atoms with Gasteiger partial charge in [0.1, 0.15) is 18.5 Å². The largest absolute Gasteiger partial charge is 0.491 e. The van der Waals surface area contributed by atoms with Gasteiger partial charge >= 0.3 is 0 Å². The average molecular weight is 264 g/mol. The molecule has 0 unspecified atom stereocenters. The maximum Gasteiger partial charge on any atom is 0.231 e. The van der Waals surface area contributed by atoms with Gasteiger partial charge in [-0.1, -0.05) is 18.2 Å². The highest BCUT2D eigenvalue weighted by atomic mass is 16.5. The van der Waals surface area contributed by atoms with Crippen molar-refractivity contribution in [2.24, 2.45) is 5.73 Å². The Morgan fingerprint density at radius 2 is 2.32 bits per heavy atom. The molecule has 5 heteroatoms. The molecule has 1 fully saturated rings. The van der Waals surface area contributed by atoms with Gasteiger partial charge in [0.2, 0.25) is 5.91 Å². The number of carbonyl (C=O) groups is 1. The molecule has 1 aromatic rings. The number of hydrogen-bond acceptors (Lipinski definition) is 4. The van der Waals surface area contributed by atoms with E-state index in [0.29, 0.717) is 19.8 Å². The van der Waals surface area contributed by atoms with E-state index in [1.54, 1.807) is 0 Å². The van der Waals surface area contributed by atoms with Gasteiger partial charge in [0.25, 0.3) is 0 Å². The highest BCUT2D eigenvalue weighted by Crippen LogP contribution is 2.17. The van der Waals surface area contributed by atoms with Crippen LogP contribution in [-0.2, 0) is 9.53 Å². The summed E-state index contributed by atoms with van der Waals surface area (Å²) in [7, 11) is 0. The van der Waals surface area contributed by atoms with Gasteiger partial charge < -0.3 is 15.2 Å². The summed E-state index contributed by atoms with van der Waals surface area (Å²) in [5, 5.41) is 0. The lowest BCUT2D eigenvalue weighted by Crippen LogP contribution is -2.47. The average Bonchev–Trinajstić information content (AvgIpc) is 2.37. The SMILES string of the molecule is Cc1ccccc1OC[C@H]1CN(CC(N)=O)CCO1. The Labute approximate surface area is 113 Å². The fourth-order valence-electron chi connectivity index (χ4n) is 2.15. The van der Waals surface area contributed by atoms with Gasteiger partial charge in [-0.25, -0.2) is 0 Å². The van der Waals surface area contributed by atoms with Gasteiger partial charge in [0.05, 0.1) is 13.2 Å². The molecule has 1 aliphatic heterocycles. The standard InChI is InChI=1S/C14H20N2O3/c1-11-4-2-3-5-13(11)19-10-12-8-16(6-7-18-12)9-14(15)17/h2-5,12H,6-10H2,1H3,(H2,15,17)/t12-/m1/s1. The number of ether oxygens (including phenoxy) is 2. The van der Waals surface area contributed by atoms with E-state index in [-0.39, 0.29) is 18.6 Å². The summed E-state index contributed by atoms with van der Waals surface area (Å²) in [6.45, 7) is 4.80. The Morgan fingerprint density at radius 1 is 1.53 bits per heavy atom. The van der Waals surface area contributed by atoms with E-state index in [1.807, 2.05) is 36.1 Å². The van der Waals surface area contributed by atoms with Crippen LogP contribution >= 0.6 is 0 Å². The smallest absolute Gasteiger partial charge is 0.231 e. The van der Waals surface area contributed by atoms with Crippen molar-refractivity contribution in [1.29, 1.82) is 0 Å². The molecule has 1 saturated heterocycles. The van der Waals surface area contributed by atoms with Crippen LogP contribution in [0.25, 0.3) is 0 Å². The minimum Gasteiger partial charge on any atom is -0.491 e. The summed E-state index contributed by atoms with van der Waals surface area (Å²) in [4.78, 5) is 12.9. The molecule has 104 valence electrons. The van der Waals surface area contributed by atoms with E-state index < -0.39 is 0 Å². The molecule has 2 rings (SSSR count). The predicted molar refractivity (Wildman–Crippen MR) is 72.0 cm³/mol. The van der Waals surface area contributed by atoms with Crippen LogP contribution in [0.3, 0.4) is 0 Å². The van der Waals surface area contributed by atoms with Crippen LogP contribution in [-0.4, -0.2) is 49.8 Å². The first-order valence-electron chi connectivity index (χ1n) is 6.46. The molecule has 0 saturated carbocycles. The summed E-state index contributed by atoms with van der Waals surface area (Å²) in [6.07, 6.45) is -0.0206. The van der Waals surface area contributed by atoms with E-state index in [4.69, 9.17) is 15.2 Å². The van der Waals surface area contributed by atoms with Gasteiger partial charge in [-0.15, -0.1) is 0 Å². The topological polar surface area (TPSA) is 64.8 Å². The fraction of sp³-hybridized carbons (Fsp3) is 0.500. The summed E-state index contributed by atoms with van der Waals surface area (Å²) < 4.78 is 11.4. The number of carbonyl (C=O) groups excluding carboxylic acids is 1. The van der Waals surface area contributed by atoms with Crippen molar-refractivity contribution < 1.29 is 14.3 Å². The number of hydrogen-bond donors (Lipinski definition) is 1. The number of primary amides is 1. The number of benzene rings is 1. The molecule has 1 aromatic carbocycles. The predicted octanol–water partition coefficient (Wildman–Crippen LogP) is 0.560. The Bertz CT molecular complexity index is 436. The van der Waals surface area contributed by atoms with Crippen LogP contribution < -0.4 is 10.5 Å². The molecule has 2 N–H and O–H groups in total. The lowest BCUT2D eigenvalue weighted by molar-refractivity contribution is -0.121. The van der Waals surface area contributed by atoms with Crippen molar-refractivity contribution in [3.63, 3.8) is 0 Å². The van der Waals surface area contributed by atoms with Crippen LogP contribution in [0.1, 0.15) is 5.56 Å². The molecule has 1 aliphatic rings. The van der Waals surface area contributed by atoms with Gasteiger partial charge in [0, 0.05) is 13.1 Å². The third kappa shape index (κ3) is 4.22. The second-order valence-electron chi connectivity index (χ2n) is 4.77. The van der Waals surface area contributed by atoms with Gasteiger partial charge in [-0.05, 0) is 18.6 Å². The second kappa shape index (κ2) is 6.54. The number of para-hydroxylation sites is 1. The zero-order valence-corrected chi connectivity index (χ0v) is 11.2. The van der Waals surface area contributed by atoms with Crippen molar-refractivity contribution in [1.82, 2.24) is 4.90 Å². The highest BCUT2D eigenvalue weighted by Gasteiger charge is 2.22. The van der Waals surface area contributed by atoms with Crippen molar-refractivity contribution in [2.45, 2.75) is 13.0 Å². The molecule has 1 amide bonds. The maximum absolute atomic E-state index is 10.9. The number of morpholine rings is 1. The Kier molecular flexibility index (Phi) is 4.76. The zero-order chi connectivity index (χ0) is 13.7. The monoisotopic (exact) mass is 264 g/mol. The Morgan fingerprint density at radius 3 is 3.05 bits per heavy atom. The minimum absolute atomic E-state index is 0.0206. The van der Waals surface area contributed by atoms with E-state index in [0.717, 1.165) is 17.9 Å². The van der Waals surface area contributed by atoms with E-state index in [9.17, 15) is 4.79 Å². The third-order valence-electron chi connectivity index (χ3n) is 3.12. The highest BCUT2D eigenvalue weighted by molar-refractivity contribution is 5.75. The molecule has 0 aromatic heterocycles. The first kappa shape index (κ1) is 13.8. The lowest BCUT2D eigenvalue weighted by atomic mass is 10.2. The molecule has 0 aliphatic carbocycles. The second-order valence-corrected chi connectivity index (χ2v) is 4.77. The van der Waals surface area contributed by atoms with Crippen molar-refractivity contribution in [2.75, 3.05) is 32.8 Å². The van der Waals surface area contributed by atoms with Crippen LogP contribution in [0, 0.1) is 6.92 Å². The zero-order valence-electron chi connectivity index (χ0n) is 11.2. The Balaban J connectivity index is 1.82. The van der Waals surface area contributed by atoms with Gasteiger partial charge in [0.15, 0.2) is 0 Å². The lowest BCUT2D eigenvalue weighted by Gasteiger charge is -2.31. The molecule has 5 nitrogen and oxygen atoms in total. The molecule has 0 bridgehead atoms.